The van der Waals surface area contributed by atoms with Crippen LogP contribution in [0.15, 0.2) is 29.2 Å². The van der Waals surface area contributed by atoms with Gasteiger partial charge in [0, 0.05) is 31.7 Å². The predicted octanol–water partition coefficient (Wildman–Crippen LogP) is 2.69. The zero-order valence-corrected chi connectivity index (χ0v) is 19.8. The monoisotopic (exact) mass is 476 g/mol. The van der Waals surface area contributed by atoms with Gasteiger partial charge in [-0.1, -0.05) is 19.8 Å². The number of rotatable bonds is 7. The first-order valence-electron chi connectivity index (χ1n) is 11.8. The van der Waals surface area contributed by atoms with Gasteiger partial charge in [0.25, 0.3) is 5.91 Å². The summed E-state index contributed by atoms with van der Waals surface area (Å²) < 4.78 is 27.2. The minimum absolute atomic E-state index is 0.149. The van der Waals surface area contributed by atoms with Crippen LogP contribution in [0.2, 0.25) is 0 Å². The number of nitrogens with zero attached hydrogens (tertiary/aromatic N) is 2. The summed E-state index contributed by atoms with van der Waals surface area (Å²) in [5.74, 6) is -0.0823. The van der Waals surface area contributed by atoms with Crippen LogP contribution in [0.4, 0.5) is 10.5 Å². The van der Waals surface area contributed by atoms with E-state index in [1.807, 2.05) is 0 Å². The summed E-state index contributed by atoms with van der Waals surface area (Å²) in [6.45, 7) is 3.31. The van der Waals surface area contributed by atoms with Crippen LogP contribution in [-0.2, 0) is 19.6 Å². The zero-order chi connectivity index (χ0) is 23.6. The van der Waals surface area contributed by atoms with Crippen LogP contribution in [0.1, 0.15) is 58.3 Å². The van der Waals surface area contributed by atoms with Gasteiger partial charge in [-0.3, -0.25) is 14.5 Å². The number of urea groups is 1. The fourth-order valence-corrected chi connectivity index (χ4v) is 6.64. The Labute approximate surface area is 194 Å². The van der Waals surface area contributed by atoms with Crippen LogP contribution >= 0.6 is 0 Å². The molecule has 33 heavy (non-hydrogen) atoms. The highest BCUT2D eigenvalue weighted by atomic mass is 32.2. The van der Waals surface area contributed by atoms with Crippen molar-refractivity contribution in [2.24, 2.45) is 5.92 Å². The number of benzene rings is 1. The number of piperidine rings is 1. The highest BCUT2D eigenvalue weighted by molar-refractivity contribution is 7.89. The van der Waals surface area contributed by atoms with Crippen LogP contribution in [0.25, 0.3) is 0 Å². The SMILES string of the molecule is CC1CCCN(S(=O)(=O)c2ccc(NC(=O)CCCN3C(=O)NC4(CCCC4)C3=O)cc2)C1. The number of imide groups is 1. The van der Waals surface area contributed by atoms with E-state index in [4.69, 9.17) is 0 Å². The molecule has 1 atom stereocenters. The molecule has 1 aromatic rings. The minimum Gasteiger partial charge on any atom is -0.326 e. The molecular weight excluding hydrogens is 444 g/mol. The first-order valence-corrected chi connectivity index (χ1v) is 13.2. The third-order valence-corrected chi connectivity index (χ3v) is 8.76. The second-order valence-corrected chi connectivity index (χ2v) is 11.4. The lowest BCUT2D eigenvalue weighted by molar-refractivity contribution is -0.131. The van der Waals surface area contributed by atoms with Gasteiger partial charge in [0.2, 0.25) is 15.9 Å². The van der Waals surface area contributed by atoms with E-state index < -0.39 is 15.6 Å². The largest absolute Gasteiger partial charge is 0.326 e. The van der Waals surface area contributed by atoms with Crippen LogP contribution in [0.3, 0.4) is 0 Å². The molecule has 3 fully saturated rings. The van der Waals surface area contributed by atoms with Gasteiger partial charge in [0.15, 0.2) is 0 Å². The van der Waals surface area contributed by atoms with E-state index in [0.29, 0.717) is 44.0 Å². The average molecular weight is 477 g/mol. The van der Waals surface area contributed by atoms with Gasteiger partial charge in [-0.05, 0) is 62.3 Å². The van der Waals surface area contributed by atoms with Gasteiger partial charge in [-0.25, -0.2) is 13.2 Å². The molecule has 9 nitrogen and oxygen atoms in total. The molecule has 1 unspecified atom stereocenters. The topological polar surface area (TPSA) is 116 Å². The maximum atomic E-state index is 12.9. The van der Waals surface area contributed by atoms with Crippen LogP contribution < -0.4 is 10.6 Å². The van der Waals surface area contributed by atoms with Crippen molar-refractivity contribution < 1.29 is 22.8 Å². The van der Waals surface area contributed by atoms with Gasteiger partial charge < -0.3 is 10.6 Å². The van der Waals surface area contributed by atoms with E-state index in [0.717, 1.165) is 25.7 Å². The first kappa shape index (κ1) is 23.7. The predicted molar refractivity (Wildman–Crippen MR) is 123 cm³/mol. The third-order valence-electron chi connectivity index (χ3n) is 6.88. The fraction of sp³-hybridized carbons (Fsp3) is 0.609. The molecule has 4 amide bonds. The van der Waals surface area contributed by atoms with Crippen LogP contribution in [0, 0.1) is 5.92 Å². The van der Waals surface area contributed by atoms with Crippen molar-refractivity contribution >= 4 is 33.6 Å². The van der Waals surface area contributed by atoms with E-state index in [-0.39, 0.29) is 35.7 Å². The van der Waals surface area contributed by atoms with E-state index >= 15 is 0 Å². The Hall–Kier alpha value is -2.46. The Morgan fingerprint density at radius 3 is 2.52 bits per heavy atom. The number of anilines is 1. The van der Waals surface area contributed by atoms with Crippen molar-refractivity contribution in [2.75, 3.05) is 25.0 Å². The van der Waals surface area contributed by atoms with Crippen LogP contribution in [0.5, 0.6) is 0 Å². The summed E-state index contributed by atoms with van der Waals surface area (Å²) in [4.78, 5) is 38.6. The maximum absolute atomic E-state index is 12.9. The van der Waals surface area contributed by atoms with Gasteiger partial charge >= 0.3 is 6.03 Å². The molecule has 1 saturated carbocycles. The second-order valence-electron chi connectivity index (χ2n) is 9.46. The van der Waals surface area contributed by atoms with Crippen molar-refractivity contribution in [3.8, 4) is 0 Å². The molecule has 0 aromatic heterocycles. The lowest BCUT2D eigenvalue weighted by atomic mass is 9.98. The Morgan fingerprint density at radius 1 is 1.15 bits per heavy atom. The molecule has 1 spiro atoms. The summed E-state index contributed by atoms with van der Waals surface area (Å²) in [5, 5.41) is 5.59. The Morgan fingerprint density at radius 2 is 1.85 bits per heavy atom. The molecule has 2 N–H and O–H groups in total. The quantitative estimate of drug-likeness (QED) is 0.587. The molecule has 3 aliphatic rings. The van der Waals surface area contributed by atoms with Gasteiger partial charge in [-0.2, -0.15) is 4.31 Å². The number of hydrogen-bond donors (Lipinski definition) is 2. The molecule has 10 heteroatoms. The smallest absolute Gasteiger partial charge is 0.325 e. The molecule has 2 saturated heterocycles. The molecule has 1 aromatic carbocycles. The number of amides is 4. The Kier molecular flexibility index (Phi) is 6.76. The molecule has 2 aliphatic heterocycles. The third kappa shape index (κ3) is 4.91. The lowest BCUT2D eigenvalue weighted by Gasteiger charge is -2.30. The maximum Gasteiger partial charge on any atom is 0.325 e. The zero-order valence-electron chi connectivity index (χ0n) is 19.0. The molecule has 0 bridgehead atoms. The number of carbonyl (C=O) groups excluding carboxylic acids is 3. The average Bonchev–Trinajstić information content (AvgIpc) is 3.34. The Bertz CT molecular complexity index is 1020. The number of nitrogens with one attached hydrogen (secondary N) is 2. The number of hydrogen-bond acceptors (Lipinski definition) is 5. The van der Waals surface area contributed by atoms with E-state index in [1.54, 1.807) is 12.1 Å². The molecular formula is C23H32N4O5S. The van der Waals surface area contributed by atoms with Crippen molar-refractivity contribution in [1.82, 2.24) is 14.5 Å². The molecule has 2 heterocycles. The highest BCUT2D eigenvalue weighted by Gasteiger charge is 2.52. The molecule has 4 rings (SSSR count). The van der Waals surface area contributed by atoms with Crippen molar-refractivity contribution in [2.45, 2.75) is 68.7 Å². The van der Waals surface area contributed by atoms with E-state index in [9.17, 15) is 22.8 Å². The van der Waals surface area contributed by atoms with E-state index in [1.165, 1.54) is 21.3 Å². The summed E-state index contributed by atoms with van der Waals surface area (Å²) in [6.07, 6.45) is 5.62. The summed E-state index contributed by atoms with van der Waals surface area (Å²) in [7, 11) is -3.54. The van der Waals surface area contributed by atoms with Gasteiger partial charge in [0.1, 0.15) is 5.54 Å². The number of sulfonamides is 1. The van der Waals surface area contributed by atoms with E-state index in [2.05, 4.69) is 17.6 Å². The van der Waals surface area contributed by atoms with Crippen molar-refractivity contribution in [1.29, 1.82) is 0 Å². The fourth-order valence-electron chi connectivity index (χ4n) is 5.04. The molecule has 1 aliphatic carbocycles. The van der Waals surface area contributed by atoms with Crippen molar-refractivity contribution in [3.05, 3.63) is 24.3 Å². The standard InChI is InChI=1S/C23H32N4O5S/c1-17-6-4-14-26(16-17)33(31,32)19-10-8-18(9-11-19)24-20(28)7-5-15-27-21(29)23(25-22(27)30)12-2-3-13-23/h8-11,17H,2-7,12-16H2,1H3,(H,24,28)(H,25,30). The Balaban J connectivity index is 1.27. The summed E-state index contributed by atoms with van der Waals surface area (Å²) in [5.41, 5.74) is -0.223. The number of carbonyl (C=O) groups is 3. The normalized spacial score (nSPS) is 23.2. The summed E-state index contributed by atoms with van der Waals surface area (Å²) in [6, 6.07) is 5.82. The van der Waals surface area contributed by atoms with Crippen LogP contribution in [-0.4, -0.2) is 60.6 Å². The molecule has 180 valence electrons. The summed E-state index contributed by atoms with van der Waals surface area (Å²) >= 11 is 0. The first-order chi connectivity index (χ1) is 15.7. The molecule has 0 radical (unpaired) electrons. The minimum atomic E-state index is -3.54. The highest BCUT2D eigenvalue weighted by Crippen LogP contribution is 2.35. The van der Waals surface area contributed by atoms with Gasteiger partial charge in [0.05, 0.1) is 4.90 Å². The second kappa shape index (κ2) is 9.42. The van der Waals surface area contributed by atoms with Gasteiger partial charge in [-0.15, -0.1) is 0 Å². The van der Waals surface area contributed by atoms with Crippen molar-refractivity contribution in [3.63, 3.8) is 0 Å². The lowest BCUT2D eigenvalue weighted by Crippen LogP contribution is -2.44.